The summed E-state index contributed by atoms with van der Waals surface area (Å²) in [5, 5.41) is 5.63. The summed E-state index contributed by atoms with van der Waals surface area (Å²) in [5.74, 6) is 0.961. The molecule has 0 radical (unpaired) electrons. The van der Waals surface area contributed by atoms with E-state index in [1.54, 1.807) is 6.20 Å². The van der Waals surface area contributed by atoms with Crippen LogP contribution in [0.2, 0.25) is 0 Å². The third kappa shape index (κ3) is 2.34. The molecule has 2 aromatic rings. The molecule has 0 aromatic carbocycles. The van der Waals surface area contributed by atoms with Gasteiger partial charge in [0.1, 0.15) is 5.82 Å². The topological polar surface area (TPSA) is 49.9 Å². The molecule has 96 valence electrons. The minimum atomic E-state index is 0.162. The lowest BCUT2D eigenvalue weighted by Gasteiger charge is -2.29. The van der Waals surface area contributed by atoms with E-state index in [-0.39, 0.29) is 12.1 Å². The highest BCUT2D eigenvalue weighted by Crippen LogP contribution is 2.33. The van der Waals surface area contributed by atoms with Crippen molar-refractivity contribution < 1.29 is 4.74 Å². The molecule has 4 nitrogen and oxygen atoms in total. The first-order valence-electron chi connectivity index (χ1n) is 6.24. The highest BCUT2D eigenvalue weighted by atomic mass is 32.1. The fourth-order valence-electron chi connectivity index (χ4n) is 2.35. The van der Waals surface area contributed by atoms with Crippen LogP contribution in [0.15, 0.2) is 23.8 Å². The Morgan fingerprint density at radius 1 is 1.67 bits per heavy atom. The van der Waals surface area contributed by atoms with Crippen LogP contribution in [0.4, 0.5) is 0 Å². The van der Waals surface area contributed by atoms with Gasteiger partial charge in [0.2, 0.25) is 0 Å². The smallest absolute Gasteiger partial charge is 0.120 e. The number of ether oxygens (including phenoxy) is 1. The number of aromatic nitrogens is 2. The average Bonchev–Trinajstić information content (AvgIpc) is 3.05. The first-order valence-corrected chi connectivity index (χ1v) is 7.12. The number of aromatic amines is 1. The number of hydrogen-bond donors (Lipinski definition) is 2. The molecule has 2 unspecified atom stereocenters. The molecule has 1 aliphatic rings. The molecule has 3 heterocycles. The van der Waals surface area contributed by atoms with Crippen molar-refractivity contribution in [1.82, 2.24) is 15.3 Å². The highest BCUT2D eigenvalue weighted by Gasteiger charge is 2.26. The number of nitrogens with zero attached hydrogens (tertiary/aromatic N) is 1. The SMILES string of the molecule is CC(NCc1ncc[nH]1)C1OCCc2sccc21. The maximum atomic E-state index is 5.91. The van der Waals surface area contributed by atoms with Gasteiger partial charge in [-0.25, -0.2) is 4.98 Å². The number of nitrogens with one attached hydrogen (secondary N) is 2. The van der Waals surface area contributed by atoms with Crippen LogP contribution < -0.4 is 5.32 Å². The number of fused-ring (bicyclic) bond motifs is 1. The normalized spacial score (nSPS) is 20.6. The molecule has 18 heavy (non-hydrogen) atoms. The van der Waals surface area contributed by atoms with Crippen molar-refractivity contribution in [1.29, 1.82) is 0 Å². The lowest BCUT2D eigenvalue weighted by molar-refractivity contribution is 0.0203. The summed E-state index contributed by atoms with van der Waals surface area (Å²) < 4.78 is 5.91. The number of thiophene rings is 1. The number of imidazole rings is 1. The van der Waals surface area contributed by atoms with E-state index in [2.05, 4.69) is 33.7 Å². The Labute approximate surface area is 110 Å². The Balaban J connectivity index is 1.65. The molecule has 0 amide bonds. The quantitative estimate of drug-likeness (QED) is 0.889. The number of H-pyrrole nitrogens is 1. The lowest BCUT2D eigenvalue weighted by atomic mass is 10.0. The van der Waals surface area contributed by atoms with Crippen molar-refractivity contribution in [2.45, 2.75) is 32.0 Å². The van der Waals surface area contributed by atoms with Gasteiger partial charge in [0.15, 0.2) is 0 Å². The second kappa shape index (κ2) is 5.22. The van der Waals surface area contributed by atoms with Crippen LogP contribution in [0, 0.1) is 0 Å². The third-order valence-electron chi connectivity index (χ3n) is 3.31. The van der Waals surface area contributed by atoms with Gasteiger partial charge in [0.25, 0.3) is 0 Å². The van der Waals surface area contributed by atoms with Gasteiger partial charge in [-0.2, -0.15) is 0 Å². The molecule has 0 fully saturated rings. The van der Waals surface area contributed by atoms with Crippen molar-refractivity contribution in [3.05, 3.63) is 40.1 Å². The van der Waals surface area contributed by atoms with Crippen molar-refractivity contribution in [2.75, 3.05) is 6.61 Å². The summed E-state index contributed by atoms with van der Waals surface area (Å²) in [6.07, 6.45) is 4.83. The molecule has 0 saturated carbocycles. The van der Waals surface area contributed by atoms with Crippen molar-refractivity contribution in [3.63, 3.8) is 0 Å². The van der Waals surface area contributed by atoms with Gasteiger partial charge in [-0.1, -0.05) is 0 Å². The summed E-state index contributed by atoms with van der Waals surface area (Å²) in [5.41, 5.74) is 1.35. The van der Waals surface area contributed by atoms with E-state index < -0.39 is 0 Å². The minimum absolute atomic E-state index is 0.162. The van der Waals surface area contributed by atoms with Crippen LogP contribution in [-0.4, -0.2) is 22.6 Å². The van der Waals surface area contributed by atoms with Crippen LogP contribution in [0.5, 0.6) is 0 Å². The van der Waals surface area contributed by atoms with Gasteiger partial charge in [-0.05, 0) is 23.9 Å². The van der Waals surface area contributed by atoms with Gasteiger partial charge >= 0.3 is 0 Å². The number of rotatable bonds is 4. The molecular weight excluding hydrogens is 246 g/mol. The molecule has 2 atom stereocenters. The first-order chi connectivity index (χ1) is 8.84. The van der Waals surface area contributed by atoms with E-state index in [9.17, 15) is 0 Å². The van der Waals surface area contributed by atoms with Crippen LogP contribution in [-0.2, 0) is 17.7 Å². The summed E-state index contributed by atoms with van der Waals surface area (Å²) in [6.45, 7) is 3.73. The van der Waals surface area contributed by atoms with Gasteiger partial charge in [-0.3, -0.25) is 0 Å². The molecular formula is C13H17N3OS. The Morgan fingerprint density at radius 2 is 2.61 bits per heavy atom. The maximum Gasteiger partial charge on any atom is 0.120 e. The van der Waals surface area contributed by atoms with Crippen LogP contribution >= 0.6 is 11.3 Å². The Bertz CT molecular complexity index is 494. The fourth-order valence-corrected chi connectivity index (χ4v) is 3.25. The molecule has 0 spiro atoms. The molecule has 2 aromatic heterocycles. The van der Waals surface area contributed by atoms with Crippen LogP contribution in [0.3, 0.4) is 0 Å². The summed E-state index contributed by atoms with van der Waals surface area (Å²) in [7, 11) is 0. The van der Waals surface area contributed by atoms with Gasteiger partial charge in [0.05, 0.1) is 19.3 Å². The zero-order valence-corrected chi connectivity index (χ0v) is 11.2. The molecule has 1 aliphatic heterocycles. The van der Waals surface area contributed by atoms with Gasteiger partial charge in [0, 0.05) is 29.7 Å². The van der Waals surface area contributed by atoms with E-state index >= 15 is 0 Å². The predicted octanol–water partition coefficient (Wildman–Crippen LogP) is 2.26. The molecule has 2 N–H and O–H groups in total. The molecule has 0 aliphatic carbocycles. The largest absolute Gasteiger partial charge is 0.371 e. The lowest BCUT2D eigenvalue weighted by Crippen LogP contribution is -2.35. The Kier molecular flexibility index (Phi) is 3.45. The maximum absolute atomic E-state index is 5.91. The number of hydrogen-bond acceptors (Lipinski definition) is 4. The minimum Gasteiger partial charge on any atom is -0.371 e. The van der Waals surface area contributed by atoms with E-state index in [4.69, 9.17) is 4.74 Å². The van der Waals surface area contributed by atoms with E-state index in [0.29, 0.717) is 0 Å². The Morgan fingerprint density at radius 3 is 3.44 bits per heavy atom. The van der Waals surface area contributed by atoms with Crippen molar-refractivity contribution in [3.8, 4) is 0 Å². The van der Waals surface area contributed by atoms with Crippen molar-refractivity contribution in [2.24, 2.45) is 0 Å². The summed E-state index contributed by atoms with van der Waals surface area (Å²) in [4.78, 5) is 8.78. The summed E-state index contributed by atoms with van der Waals surface area (Å²) in [6, 6.07) is 2.47. The molecule has 0 saturated heterocycles. The highest BCUT2D eigenvalue weighted by molar-refractivity contribution is 7.10. The molecule has 3 rings (SSSR count). The second-order valence-electron chi connectivity index (χ2n) is 4.55. The first kappa shape index (κ1) is 11.9. The van der Waals surface area contributed by atoms with E-state index in [0.717, 1.165) is 25.4 Å². The molecule has 0 bridgehead atoms. The van der Waals surface area contributed by atoms with Crippen molar-refractivity contribution >= 4 is 11.3 Å². The Hall–Kier alpha value is -1.17. The van der Waals surface area contributed by atoms with Crippen LogP contribution in [0.25, 0.3) is 0 Å². The van der Waals surface area contributed by atoms with Gasteiger partial charge in [-0.15, -0.1) is 11.3 Å². The third-order valence-corrected chi connectivity index (χ3v) is 4.31. The predicted molar refractivity (Wildman–Crippen MR) is 71.6 cm³/mol. The average molecular weight is 263 g/mol. The zero-order valence-electron chi connectivity index (χ0n) is 10.3. The second-order valence-corrected chi connectivity index (χ2v) is 5.55. The summed E-state index contributed by atoms with van der Waals surface area (Å²) >= 11 is 1.84. The zero-order chi connectivity index (χ0) is 12.4. The standard InChI is InChI=1S/C13H17N3OS/c1-9(16-8-12-14-4-5-15-12)13-10-3-7-18-11(10)2-6-17-13/h3-5,7,9,13,16H,2,6,8H2,1H3,(H,14,15). The molecule has 5 heteroatoms. The van der Waals surface area contributed by atoms with Crippen LogP contribution in [0.1, 0.15) is 29.3 Å². The van der Waals surface area contributed by atoms with Gasteiger partial charge < -0.3 is 15.0 Å². The fraction of sp³-hybridized carbons (Fsp3) is 0.462. The van der Waals surface area contributed by atoms with E-state index in [1.165, 1.54) is 10.4 Å². The monoisotopic (exact) mass is 263 g/mol. The van der Waals surface area contributed by atoms with E-state index in [1.807, 2.05) is 17.5 Å².